The van der Waals surface area contributed by atoms with E-state index in [1.165, 1.54) is 12.1 Å². The number of likely N-dealkylation sites (tertiary alicyclic amines) is 1. The Morgan fingerprint density at radius 1 is 1.24 bits per heavy atom. The molecule has 5 heterocycles. The fourth-order valence-corrected chi connectivity index (χ4v) is 4.76. The van der Waals surface area contributed by atoms with Gasteiger partial charge in [-0.2, -0.15) is 5.10 Å². The summed E-state index contributed by atoms with van der Waals surface area (Å²) in [4.78, 5) is 22.9. The smallest absolute Gasteiger partial charge is 0.317 e. The van der Waals surface area contributed by atoms with Gasteiger partial charge in [0, 0.05) is 48.5 Å². The molecule has 3 aromatic heterocycles. The first-order chi connectivity index (χ1) is 15.8. The molecule has 2 amide bonds. The number of carbonyl (C=O) groups is 1. The number of nitrogens with zero attached hydrogens (tertiary/aromatic N) is 5. The molecule has 0 aromatic carbocycles. The number of ether oxygens (including phenoxy) is 1. The number of amides is 2. The third-order valence-electron chi connectivity index (χ3n) is 6.53. The summed E-state index contributed by atoms with van der Waals surface area (Å²) in [5.41, 5.74) is 9.51. The molecule has 10 nitrogen and oxygen atoms in total. The van der Waals surface area contributed by atoms with Crippen molar-refractivity contribution in [1.29, 1.82) is 0 Å². The van der Waals surface area contributed by atoms with Gasteiger partial charge in [0.25, 0.3) is 0 Å². The molecule has 1 fully saturated rings. The van der Waals surface area contributed by atoms with Crippen LogP contribution < -0.4 is 15.8 Å². The highest BCUT2D eigenvalue weighted by molar-refractivity contribution is 5.75. The molecule has 1 unspecified atom stereocenters. The van der Waals surface area contributed by atoms with Gasteiger partial charge in [0.05, 0.1) is 5.69 Å². The first-order valence-corrected chi connectivity index (χ1v) is 11.3. The SMILES string of the molecule is CC(C)NC(=O)N1CC[C@@]2(CCn3nc(-c4cnc(N)c(OC(C)c5cocn5)c4)cc32)C1. The molecule has 33 heavy (non-hydrogen) atoms. The normalized spacial score (nSPS) is 20.4. The lowest BCUT2D eigenvalue weighted by molar-refractivity contribution is 0.203. The van der Waals surface area contributed by atoms with Crippen LogP contribution in [0.2, 0.25) is 0 Å². The summed E-state index contributed by atoms with van der Waals surface area (Å²) in [6.07, 6.45) is 6.22. The summed E-state index contributed by atoms with van der Waals surface area (Å²) >= 11 is 0. The number of pyridine rings is 1. The first kappa shape index (κ1) is 21.3. The van der Waals surface area contributed by atoms with Crippen molar-refractivity contribution in [2.75, 3.05) is 18.8 Å². The van der Waals surface area contributed by atoms with Crippen LogP contribution in [-0.2, 0) is 12.0 Å². The Kier molecular flexibility index (Phi) is 5.22. The number of nitrogens with one attached hydrogen (secondary N) is 1. The van der Waals surface area contributed by atoms with Gasteiger partial charge in [-0.1, -0.05) is 0 Å². The van der Waals surface area contributed by atoms with E-state index in [1.54, 1.807) is 12.5 Å². The second-order valence-electron chi connectivity index (χ2n) is 9.22. The maximum atomic E-state index is 12.5. The van der Waals surface area contributed by atoms with Gasteiger partial charge in [-0.05, 0) is 45.7 Å². The van der Waals surface area contributed by atoms with Crippen LogP contribution in [0.15, 0.2) is 35.4 Å². The van der Waals surface area contributed by atoms with E-state index in [1.807, 2.05) is 31.7 Å². The zero-order chi connectivity index (χ0) is 23.2. The number of aryl methyl sites for hydroxylation is 1. The fraction of sp³-hybridized carbons (Fsp3) is 0.478. The molecular formula is C23H29N7O3. The zero-order valence-corrected chi connectivity index (χ0v) is 19.1. The van der Waals surface area contributed by atoms with E-state index in [0.717, 1.165) is 37.2 Å². The van der Waals surface area contributed by atoms with Crippen molar-refractivity contribution >= 4 is 11.8 Å². The number of anilines is 1. The van der Waals surface area contributed by atoms with Crippen molar-refractivity contribution in [1.82, 2.24) is 30.0 Å². The van der Waals surface area contributed by atoms with E-state index in [9.17, 15) is 4.79 Å². The van der Waals surface area contributed by atoms with Gasteiger partial charge in [-0.3, -0.25) is 4.68 Å². The quantitative estimate of drug-likeness (QED) is 0.611. The molecule has 0 radical (unpaired) electrons. The van der Waals surface area contributed by atoms with Gasteiger partial charge in [-0.25, -0.2) is 14.8 Å². The van der Waals surface area contributed by atoms with E-state index in [-0.39, 0.29) is 23.6 Å². The van der Waals surface area contributed by atoms with Crippen LogP contribution in [0.1, 0.15) is 51.1 Å². The van der Waals surface area contributed by atoms with Crippen molar-refractivity contribution in [3.63, 3.8) is 0 Å². The minimum absolute atomic E-state index is 0.00539. The maximum absolute atomic E-state index is 12.5. The van der Waals surface area contributed by atoms with Gasteiger partial charge in [0.1, 0.15) is 18.1 Å². The van der Waals surface area contributed by atoms with Gasteiger partial charge in [0.2, 0.25) is 0 Å². The average molecular weight is 452 g/mol. The predicted octanol–water partition coefficient (Wildman–Crippen LogP) is 3.12. The Hall–Kier alpha value is -3.56. The van der Waals surface area contributed by atoms with Crippen molar-refractivity contribution < 1.29 is 13.9 Å². The molecule has 0 aliphatic carbocycles. The second kappa shape index (κ2) is 8.09. The number of oxazole rings is 1. The standard InChI is InChI=1S/C23H29N7O3/c1-14(2)27-22(31)29-6-4-23(12-29)5-7-30-20(23)9-17(28-30)16-8-19(21(24)25-10-16)33-15(3)18-11-32-13-26-18/h8-11,13-15H,4-7,12H2,1-3H3,(H2,24,25)(H,27,31)/t15?,23-/m1/s1. The summed E-state index contributed by atoms with van der Waals surface area (Å²) in [6.45, 7) is 8.13. The van der Waals surface area contributed by atoms with E-state index < -0.39 is 0 Å². The van der Waals surface area contributed by atoms with Gasteiger partial charge >= 0.3 is 6.03 Å². The number of aromatic nitrogens is 4. The summed E-state index contributed by atoms with van der Waals surface area (Å²) < 4.78 is 13.1. The molecular weight excluding hydrogens is 422 g/mol. The molecule has 0 saturated carbocycles. The van der Waals surface area contributed by atoms with E-state index in [2.05, 4.69) is 26.0 Å². The minimum atomic E-state index is -0.333. The summed E-state index contributed by atoms with van der Waals surface area (Å²) in [7, 11) is 0. The average Bonchev–Trinajstić information content (AvgIpc) is 3.56. The lowest BCUT2D eigenvalue weighted by atomic mass is 9.82. The summed E-state index contributed by atoms with van der Waals surface area (Å²) in [6, 6.07) is 4.11. The molecule has 2 atom stereocenters. The van der Waals surface area contributed by atoms with E-state index in [4.69, 9.17) is 20.0 Å². The number of urea groups is 1. The molecule has 174 valence electrons. The lowest BCUT2D eigenvalue weighted by Gasteiger charge is -2.24. The number of hydrogen-bond acceptors (Lipinski definition) is 7. The topological polar surface area (TPSA) is 124 Å². The van der Waals surface area contributed by atoms with Crippen LogP contribution in [0.3, 0.4) is 0 Å². The zero-order valence-electron chi connectivity index (χ0n) is 19.1. The van der Waals surface area contributed by atoms with Crippen LogP contribution in [0.25, 0.3) is 11.3 Å². The molecule has 5 rings (SSSR count). The number of rotatable bonds is 5. The monoisotopic (exact) mass is 451 g/mol. The number of hydrogen-bond donors (Lipinski definition) is 2. The van der Waals surface area contributed by atoms with Crippen LogP contribution in [0.5, 0.6) is 5.75 Å². The highest BCUT2D eigenvalue weighted by Crippen LogP contribution is 2.44. The van der Waals surface area contributed by atoms with Crippen LogP contribution in [0.4, 0.5) is 10.6 Å². The minimum Gasteiger partial charge on any atom is -0.480 e. The van der Waals surface area contributed by atoms with Crippen LogP contribution in [0, 0.1) is 0 Å². The summed E-state index contributed by atoms with van der Waals surface area (Å²) in [5, 5.41) is 7.84. The van der Waals surface area contributed by atoms with Gasteiger partial charge < -0.3 is 25.1 Å². The Morgan fingerprint density at radius 2 is 2.06 bits per heavy atom. The molecule has 3 aromatic rings. The van der Waals surface area contributed by atoms with E-state index >= 15 is 0 Å². The maximum Gasteiger partial charge on any atom is 0.317 e. The van der Waals surface area contributed by atoms with Crippen molar-refractivity contribution in [2.24, 2.45) is 0 Å². The Labute approximate surface area is 192 Å². The van der Waals surface area contributed by atoms with Crippen LogP contribution in [-0.4, -0.2) is 49.8 Å². The lowest BCUT2D eigenvalue weighted by Crippen LogP contribution is -2.43. The number of nitrogen functional groups attached to an aromatic ring is 1. The molecule has 0 bridgehead atoms. The molecule has 1 spiro atoms. The molecule has 3 N–H and O–H groups in total. The van der Waals surface area contributed by atoms with Crippen molar-refractivity contribution in [2.45, 2.75) is 57.7 Å². The van der Waals surface area contributed by atoms with Gasteiger partial charge in [-0.15, -0.1) is 0 Å². The third-order valence-corrected chi connectivity index (χ3v) is 6.53. The Balaban J connectivity index is 1.37. The molecule has 10 heteroatoms. The molecule has 2 aliphatic rings. The third kappa shape index (κ3) is 3.90. The number of nitrogens with two attached hydrogens (primary N) is 1. The second-order valence-corrected chi connectivity index (χ2v) is 9.22. The predicted molar refractivity (Wildman–Crippen MR) is 122 cm³/mol. The van der Waals surface area contributed by atoms with Gasteiger partial charge in [0.15, 0.2) is 18.0 Å². The Bertz CT molecular complexity index is 1160. The highest BCUT2D eigenvalue weighted by atomic mass is 16.5. The first-order valence-electron chi connectivity index (χ1n) is 11.3. The van der Waals surface area contributed by atoms with Crippen molar-refractivity contribution in [3.8, 4) is 17.0 Å². The summed E-state index contributed by atoms with van der Waals surface area (Å²) in [5.74, 6) is 0.781. The highest BCUT2D eigenvalue weighted by Gasteiger charge is 2.47. The molecule has 2 aliphatic heterocycles. The largest absolute Gasteiger partial charge is 0.480 e. The van der Waals surface area contributed by atoms with Crippen LogP contribution >= 0.6 is 0 Å². The number of fused-ring (bicyclic) bond motifs is 2. The van der Waals surface area contributed by atoms with Crippen molar-refractivity contribution in [3.05, 3.63) is 42.4 Å². The fourth-order valence-electron chi connectivity index (χ4n) is 4.76. The number of carbonyl (C=O) groups excluding carboxylic acids is 1. The Morgan fingerprint density at radius 3 is 2.82 bits per heavy atom. The van der Waals surface area contributed by atoms with E-state index in [0.29, 0.717) is 23.8 Å². The molecule has 1 saturated heterocycles.